The zero-order valence-corrected chi connectivity index (χ0v) is 19.0. The second-order valence-corrected chi connectivity index (χ2v) is 7.59. The second-order valence-electron chi connectivity index (χ2n) is 7.59. The van der Waals surface area contributed by atoms with E-state index in [1.165, 1.54) is 18.5 Å². The third-order valence-electron chi connectivity index (χ3n) is 5.21. The molecule has 4 rings (SSSR count). The minimum absolute atomic E-state index is 0.0394. The van der Waals surface area contributed by atoms with E-state index >= 15 is 0 Å². The lowest BCUT2D eigenvalue weighted by Gasteiger charge is -2.09. The Morgan fingerprint density at radius 2 is 1.86 bits per heavy atom. The van der Waals surface area contributed by atoms with Crippen molar-refractivity contribution in [1.82, 2.24) is 14.8 Å². The molecular formula is C25H22F2N4O4. The molecule has 180 valence electrons. The van der Waals surface area contributed by atoms with Crippen LogP contribution in [0.3, 0.4) is 0 Å². The van der Waals surface area contributed by atoms with Crippen LogP contribution in [0, 0.1) is 18.6 Å². The molecule has 0 aliphatic heterocycles. The predicted molar refractivity (Wildman–Crippen MR) is 123 cm³/mol. The highest BCUT2D eigenvalue weighted by Crippen LogP contribution is 2.27. The zero-order valence-electron chi connectivity index (χ0n) is 19.0. The summed E-state index contributed by atoms with van der Waals surface area (Å²) in [6.45, 7) is 3.75. The number of amides is 1. The summed E-state index contributed by atoms with van der Waals surface area (Å²) in [6, 6.07) is 10.5. The van der Waals surface area contributed by atoms with Crippen molar-refractivity contribution in [3.05, 3.63) is 83.6 Å². The smallest absolute Gasteiger partial charge is 0.341 e. The highest BCUT2D eigenvalue weighted by molar-refractivity contribution is 5.91. The molecule has 2 aromatic heterocycles. The molecule has 0 aliphatic carbocycles. The minimum atomic E-state index is -0.757. The lowest BCUT2D eigenvalue weighted by molar-refractivity contribution is -0.116. The van der Waals surface area contributed by atoms with E-state index < -0.39 is 17.6 Å². The minimum Gasteiger partial charge on any atom is -0.462 e. The summed E-state index contributed by atoms with van der Waals surface area (Å²) in [5, 5.41) is 7.04. The zero-order chi connectivity index (χ0) is 24.9. The Balaban J connectivity index is 1.40. The summed E-state index contributed by atoms with van der Waals surface area (Å²) in [5.74, 6) is -2.12. The van der Waals surface area contributed by atoms with E-state index in [4.69, 9.17) is 9.15 Å². The maximum absolute atomic E-state index is 13.9. The van der Waals surface area contributed by atoms with Gasteiger partial charge in [-0.1, -0.05) is 12.1 Å². The Bertz CT molecular complexity index is 1360. The van der Waals surface area contributed by atoms with Crippen molar-refractivity contribution in [2.24, 2.45) is 0 Å². The average Bonchev–Trinajstić information content (AvgIpc) is 3.45. The molecule has 0 saturated heterocycles. The summed E-state index contributed by atoms with van der Waals surface area (Å²) >= 11 is 0. The third-order valence-corrected chi connectivity index (χ3v) is 5.21. The predicted octanol–water partition coefficient (Wildman–Crippen LogP) is 4.86. The number of hydrogen-bond acceptors (Lipinski definition) is 6. The first kappa shape index (κ1) is 23.8. The van der Waals surface area contributed by atoms with Gasteiger partial charge in [-0.3, -0.25) is 4.79 Å². The van der Waals surface area contributed by atoms with E-state index in [0.29, 0.717) is 22.6 Å². The van der Waals surface area contributed by atoms with Crippen LogP contribution < -0.4 is 5.32 Å². The summed E-state index contributed by atoms with van der Waals surface area (Å²) < 4.78 is 39.9. The molecule has 0 unspecified atom stereocenters. The van der Waals surface area contributed by atoms with Gasteiger partial charge in [-0.15, -0.1) is 0 Å². The van der Waals surface area contributed by atoms with Crippen molar-refractivity contribution in [3.63, 3.8) is 0 Å². The molecule has 1 N–H and O–H groups in total. The number of anilines is 1. The van der Waals surface area contributed by atoms with Crippen LogP contribution in [0.5, 0.6) is 0 Å². The van der Waals surface area contributed by atoms with Gasteiger partial charge in [0.05, 0.1) is 35.9 Å². The SMILES string of the molecule is CCOC(=O)c1cnn(-c2cccc(NC(=O)CCc3ncc(-c4c(F)cccc4F)o3)c2)c1C. The summed E-state index contributed by atoms with van der Waals surface area (Å²) in [6.07, 6.45) is 2.85. The number of ether oxygens (including phenoxy) is 1. The number of nitrogens with zero attached hydrogens (tertiary/aromatic N) is 3. The van der Waals surface area contributed by atoms with E-state index in [1.807, 2.05) is 0 Å². The fourth-order valence-corrected chi connectivity index (χ4v) is 3.51. The number of carbonyl (C=O) groups excluding carboxylic acids is 2. The molecule has 0 atom stereocenters. The van der Waals surface area contributed by atoms with Crippen LogP contribution in [0.2, 0.25) is 0 Å². The van der Waals surface area contributed by atoms with Crippen LogP contribution >= 0.6 is 0 Å². The largest absolute Gasteiger partial charge is 0.462 e. The molecule has 0 saturated carbocycles. The number of aryl methyl sites for hydroxylation is 1. The van der Waals surface area contributed by atoms with Gasteiger partial charge in [-0.25, -0.2) is 23.2 Å². The van der Waals surface area contributed by atoms with Crippen molar-refractivity contribution >= 4 is 17.6 Å². The van der Waals surface area contributed by atoms with Gasteiger partial charge >= 0.3 is 5.97 Å². The van der Waals surface area contributed by atoms with Crippen LogP contribution in [-0.2, 0) is 16.0 Å². The molecule has 8 nitrogen and oxygen atoms in total. The van der Waals surface area contributed by atoms with Gasteiger partial charge in [-0.2, -0.15) is 5.10 Å². The molecule has 2 heterocycles. The number of halogens is 2. The van der Waals surface area contributed by atoms with Crippen LogP contribution in [-0.4, -0.2) is 33.2 Å². The van der Waals surface area contributed by atoms with E-state index in [2.05, 4.69) is 15.4 Å². The van der Waals surface area contributed by atoms with Crippen molar-refractivity contribution < 1.29 is 27.5 Å². The molecule has 0 bridgehead atoms. The fourth-order valence-electron chi connectivity index (χ4n) is 3.51. The molecule has 35 heavy (non-hydrogen) atoms. The summed E-state index contributed by atoms with van der Waals surface area (Å²) in [4.78, 5) is 28.5. The maximum Gasteiger partial charge on any atom is 0.341 e. The molecule has 2 aromatic carbocycles. The van der Waals surface area contributed by atoms with Gasteiger partial charge in [-0.05, 0) is 44.2 Å². The first-order valence-corrected chi connectivity index (χ1v) is 10.9. The number of aromatic nitrogens is 3. The van der Waals surface area contributed by atoms with Crippen molar-refractivity contribution in [2.75, 3.05) is 11.9 Å². The number of benzene rings is 2. The van der Waals surface area contributed by atoms with Gasteiger partial charge in [0.2, 0.25) is 5.91 Å². The Morgan fingerprint density at radius 3 is 2.60 bits per heavy atom. The quantitative estimate of drug-likeness (QED) is 0.362. The van der Waals surface area contributed by atoms with Gasteiger partial charge in [0.1, 0.15) is 17.2 Å². The van der Waals surface area contributed by atoms with Crippen LogP contribution in [0.1, 0.15) is 35.3 Å². The first-order chi connectivity index (χ1) is 16.9. The Hall–Kier alpha value is -4.34. The number of nitrogens with one attached hydrogen (secondary N) is 1. The first-order valence-electron chi connectivity index (χ1n) is 10.9. The van der Waals surface area contributed by atoms with Crippen molar-refractivity contribution in [2.45, 2.75) is 26.7 Å². The maximum atomic E-state index is 13.9. The van der Waals surface area contributed by atoms with Gasteiger partial charge in [0.15, 0.2) is 11.7 Å². The van der Waals surface area contributed by atoms with Gasteiger partial charge in [0, 0.05) is 18.5 Å². The van der Waals surface area contributed by atoms with Crippen LogP contribution in [0.15, 0.2) is 59.3 Å². The number of esters is 1. The molecule has 0 fully saturated rings. The highest BCUT2D eigenvalue weighted by atomic mass is 19.1. The molecular weight excluding hydrogens is 458 g/mol. The van der Waals surface area contributed by atoms with E-state index in [9.17, 15) is 18.4 Å². The molecule has 1 amide bonds. The Morgan fingerprint density at radius 1 is 1.11 bits per heavy atom. The van der Waals surface area contributed by atoms with Crippen molar-refractivity contribution in [3.8, 4) is 17.0 Å². The molecule has 10 heteroatoms. The number of hydrogen-bond donors (Lipinski definition) is 1. The van der Waals surface area contributed by atoms with E-state index in [-0.39, 0.29) is 42.6 Å². The van der Waals surface area contributed by atoms with Crippen LogP contribution in [0.4, 0.5) is 14.5 Å². The lowest BCUT2D eigenvalue weighted by atomic mass is 10.1. The summed E-state index contributed by atoms with van der Waals surface area (Å²) in [7, 11) is 0. The Labute approximate surface area is 199 Å². The summed E-state index contributed by atoms with van der Waals surface area (Å²) in [5.41, 5.74) is 1.86. The Kier molecular flexibility index (Phi) is 7.00. The monoisotopic (exact) mass is 480 g/mol. The average molecular weight is 480 g/mol. The molecule has 4 aromatic rings. The van der Waals surface area contributed by atoms with E-state index in [0.717, 1.165) is 12.1 Å². The highest BCUT2D eigenvalue weighted by Gasteiger charge is 2.18. The number of rotatable bonds is 8. The lowest BCUT2D eigenvalue weighted by Crippen LogP contribution is -2.13. The second kappa shape index (κ2) is 10.3. The number of carbonyl (C=O) groups is 2. The molecule has 0 radical (unpaired) electrons. The van der Waals surface area contributed by atoms with Crippen molar-refractivity contribution in [1.29, 1.82) is 0 Å². The normalized spacial score (nSPS) is 10.9. The van der Waals surface area contributed by atoms with Gasteiger partial charge in [0.25, 0.3) is 0 Å². The molecule has 0 spiro atoms. The standard InChI is InChI=1S/C25H22F2N4O4/c1-3-34-25(33)18-13-29-31(15(18)2)17-7-4-6-16(12-17)30-22(32)10-11-23-28-14-21(35-23)24-19(26)8-5-9-20(24)27/h4-9,12-14H,3,10-11H2,1-2H3,(H,30,32). The molecule has 0 aliphatic rings. The van der Waals surface area contributed by atoms with Crippen LogP contribution in [0.25, 0.3) is 17.0 Å². The fraction of sp³-hybridized carbons (Fsp3) is 0.200. The third kappa shape index (κ3) is 5.26. The topological polar surface area (TPSA) is 99.2 Å². The number of oxazole rings is 1. The van der Waals surface area contributed by atoms with Gasteiger partial charge < -0.3 is 14.5 Å². The van der Waals surface area contributed by atoms with E-state index in [1.54, 1.807) is 42.8 Å².